The molecule has 160 valence electrons. The van der Waals surface area contributed by atoms with Crippen molar-refractivity contribution < 1.29 is 14.6 Å². The van der Waals surface area contributed by atoms with E-state index in [1.807, 2.05) is 6.07 Å². The molecule has 0 bridgehead atoms. The maximum Gasteiger partial charge on any atom is 0.314 e. The molecule has 1 saturated carbocycles. The molecule has 8 heteroatoms. The summed E-state index contributed by atoms with van der Waals surface area (Å²) in [5.74, 6) is 0.668. The molecule has 0 atom stereocenters. The molecule has 0 unspecified atom stereocenters. The fraction of sp³-hybridized carbons (Fsp3) is 0.500. The van der Waals surface area contributed by atoms with Crippen molar-refractivity contribution in [2.45, 2.75) is 50.5 Å². The normalized spacial score (nSPS) is 18.5. The summed E-state index contributed by atoms with van der Waals surface area (Å²) in [6, 6.07) is 5.85. The Morgan fingerprint density at radius 2 is 2.07 bits per heavy atom. The first-order valence-electron chi connectivity index (χ1n) is 10.5. The van der Waals surface area contributed by atoms with E-state index in [1.54, 1.807) is 24.5 Å². The Balaban J connectivity index is 1.74. The first-order chi connectivity index (χ1) is 14.5. The average molecular weight is 431 g/mol. The molecule has 7 nitrogen and oxygen atoms in total. The van der Waals surface area contributed by atoms with Crippen molar-refractivity contribution in [1.82, 2.24) is 9.97 Å². The van der Waals surface area contributed by atoms with Crippen molar-refractivity contribution >= 4 is 34.9 Å². The van der Waals surface area contributed by atoms with E-state index in [-0.39, 0.29) is 0 Å². The van der Waals surface area contributed by atoms with Crippen molar-refractivity contribution in [3.05, 3.63) is 41.2 Å². The monoisotopic (exact) mass is 430 g/mol. The number of nitrogens with one attached hydrogen (secondary N) is 1. The summed E-state index contributed by atoms with van der Waals surface area (Å²) in [7, 11) is 0. The predicted molar refractivity (Wildman–Crippen MR) is 117 cm³/mol. The summed E-state index contributed by atoms with van der Waals surface area (Å²) in [4.78, 5) is 23.4. The van der Waals surface area contributed by atoms with Gasteiger partial charge in [-0.25, -0.2) is 9.97 Å². The topological polar surface area (TPSA) is 87.6 Å². The molecule has 4 rings (SSSR count). The second-order valence-electron chi connectivity index (χ2n) is 7.95. The molecule has 1 aliphatic carbocycles. The van der Waals surface area contributed by atoms with Gasteiger partial charge in [0.2, 0.25) is 0 Å². The molecule has 1 aliphatic heterocycles. The number of carboxylic acids is 1. The Kier molecular flexibility index (Phi) is 6.11. The Labute approximate surface area is 181 Å². The highest BCUT2D eigenvalue weighted by Crippen LogP contribution is 2.45. The van der Waals surface area contributed by atoms with E-state index in [2.05, 4.69) is 22.1 Å². The molecule has 1 saturated heterocycles. The van der Waals surface area contributed by atoms with Crippen molar-refractivity contribution in [3.63, 3.8) is 0 Å². The molecular weight excluding hydrogens is 404 g/mol. The predicted octanol–water partition coefficient (Wildman–Crippen LogP) is 4.39. The Morgan fingerprint density at radius 3 is 2.63 bits per heavy atom. The summed E-state index contributed by atoms with van der Waals surface area (Å²) in [5.41, 5.74) is 0.665. The quantitative estimate of drug-likeness (QED) is 0.673. The summed E-state index contributed by atoms with van der Waals surface area (Å²) in [6.07, 6.45) is 7.40. The minimum atomic E-state index is -0.842. The van der Waals surface area contributed by atoms with Gasteiger partial charge < -0.3 is 20.1 Å². The van der Waals surface area contributed by atoms with Crippen LogP contribution in [0.2, 0.25) is 5.02 Å². The van der Waals surface area contributed by atoms with E-state index in [0.29, 0.717) is 29.7 Å². The van der Waals surface area contributed by atoms with Gasteiger partial charge in [-0.05, 0) is 56.4 Å². The van der Waals surface area contributed by atoms with E-state index < -0.39 is 11.4 Å². The number of hydrogen-bond acceptors (Lipinski definition) is 6. The van der Waals surface area contributed by atoms with Gasteiger partial charge in [0.1, 0.15) is 5.82 Å². The molecule has 30 heavy (non-hydrogen) atoms. The minimum Gasteiger partial charge on any atom is -0.481 e. The highest BCUT2D eigenvalue weighted by atomic mass is 35.5. The zero-order valence-electron chi connectivity index (χ0n) is 17.1. The van der Waals surface area contributed by atoms with Gasteiger partial charge in [-0.3, -0.25) is 4.79 Å². The Morgan fingerprint density at radius 1 is 1.30 bits per heavy atom. The van der Waals surface area contributed by atoms with Crippen molar-refractivity contribution in [3.8, 4) is 0 Å². The van der Waals surface area contributed by atoms with Gasteiger partial charge in [0.25, 0.3) is 0 Å². The van der Waals surface area contributed by atoms with E-state index in [9.17, 15) is 9.90 Å². The number of ether oxygens (including phenoxy) is 1. The molecular formula is C22H27ClN4O3. The van der Waals surface area contributed by atoms with Gasteiger partial charge in [0.15, 0.2) is 5.82 Å². The van der Waals surface area contributed by atoms with Crippen LogP contribution in [0.1, 0.15) is 44.6 Å². The zero-order chi connectivity index (χ0) is 21.1. The fourth-order valence-electron chi connectivity index (χ4n) is 4.36. The van der Waals surface area contributed by atoms with Gasteiger partial charge in [-0.1, -0.05) is 18.0 Å². The number of halogens is 1. The molecule has 0 spiro atoms. The lowest BCUT2D eigenvalue weighted by atomic mass is 9.65. The standard InChI is InChI=1S/C22H27ClN4O3/c1-2-27(17-6-10-30-11-7-17)20-18(26-19-5-4-16(23)14-24-19)12-15(13-25-20)22(21(28)29)8-3-9-22/h4-5,12-14,17H,2-3,6-11H2,1H3,(H,24,26)(H,28,29). The molecule has 2 fully saturated rings. The van der Waals surface area contributed by atoms with Crippen LogP contribution < -0.4 is 10.2 Å². The SMILES string of the molecule is CCN(c1ncc(C2(C(=O)O)CCC2)cc1Nc1ccc(Cl)cn1)C1CCOCC1. The number of aromatic nitrogens is 2. The van der Waals surface area contributed by atoms with Crippen LogP contribution in [0.4, 0.5) is 17.3 Å². The van der Waals surface area contributed by atoms with Gasteiger partial charge in [-0.15, -0.1) is 0 Å². The fourth-order valence-corrected chi connectivity index (χ4v) is 4.47. The van der Waals surface area contributed by atoms with E-state index in [1.165, 1.54) is 0 Å². The average Bonchev–Trinajstić information content (AvgIpc) is 2.71. The Hall–Kier alpha value is -2.38. The highest BCUT2D eigenvalue weighted by Gasteiger charge is 2.46. The van der Waals surface area contributed by atoms with E-state index >= 15 is 0 Å². The van der Waals surface area contributed by atoms with Crippen LogP contribution in [0.3, 0.4) is 0 Å². The second-order valence-corrected chi connectivity index (χ2v) is 8.39. The number of pyridine rings is 2. The number of nitrogens with zero attached hydrogens (tertiary/aromatic N) is 3. The number of rotatable bonds is 7. The van der Waals surface area contributed by atoms with Crippen LogP contribution in [0, 0.1) is 0 Å². The second kappa shape index (κ2) is 8.78. The number of hydrogen-bond donors (Lipinski definition) is 2. The summed E-state index contributed by atoms with van der Waals surface area (Å²) < 4.78 is 5.53. The lowest BCUT2D eigenvalue weighted by molar-refractivity contribution is -0.147. The highest BCUT2D eigenvalue weighted by molar-refractivity contribution is 6.30. The molecule has 0 aromatic carbocycles. The number of aliphatic carboxylic acids is 1. The maximum atomic E-state index is 12.0. The molecule has 3 heterocycles. The summed E-state index contributed by atoms with van der Waals surface area (Å²) in [6.45, 7) is 4.38. The number of carbonyl (C=O) groups is 1. The van der Waals surface area contributed by atoms with Crippen LogP contribution in [0.5, 0.6) is 0 Å². The van der Waals surface area contributed by atoms with Crippen LogP contribution in [-0.2, 0) is 14.9 Å². The third kappa shape index (κ3) is 3.96. The van der Waals surface area contributed by atoms with Crippen molar-refractivity contribution in [1.29, 1.82) is 0 Å². The van der Waals surface area contributed by atoms with Gasteiger partial charge in [-0.2, -0.15) is 0 Å². The minimum absolute atomic E-state index is 0.331. The maximum absolute atomic E-state index is 12.0. The van der Waals surface area contributed by atoms with Crippen molar-refractivity contribution in [2.75, 3.05) is 30.0 Å². The molecule has 2 aromatic rings. The molecule has 0 radical (unpaired) electrons. The molecule has 2 N–H and O–H groups in total. The third-order valence-electron chi connectivity index (χ3n) is 6.27. The van der Waals surface area contributed by atoms with Crippen LogP contribution in [-0.4, -0.2) is 46.8 Å². The van der Waals surface area contributed by atoms with E-state index in [0.717, 1.165) is 56.1 Å². The number of carboxylic acid groups (broad SMARTS) is 1. The van der Waals surface area contributed by atoms with Crippen LogP contribution in [0.25, 0.3) is 0 Å². The lowest BCUT2D eigenvalue weighted by Crippen LogP contribution is -2.43. The number of anilines is 3. The summed E-state index contributed by atoms with van der Waals surface area (Å²) in [5, 5.41) is 13.8. The van der Waals surface area contributed by atoms with Crippen molar-refractivity contribution in [2.24, 2.45) is 0 Å². The van der Waals surface area contributed by atoms with Gasteiger partial charge >= 0.3 is 5.97 Å². The van der Waals surface area contributed by atoms with E-state index in [4.69, 9.17) is 21.3 Å². The van der Waals surface area contributed by atoms with Crippen LogP contribution in [0.15, 0.2) is 30.6 Å². The Bertz CT molecular complexity index is 896. The first-order valence-corrected chi connectivity index (χ1v) is 10.9. The molecule has 2 aliphatic rings. The zero-order valence-corrected chi connectivity index (χ0v) is 17.9. The first kappa shape index (κ1) is 20.9. The molecule has 0 amide bonds. The lowest BCUT2D eigenvalue weighted by Gasteiger charge is -2.39. The van der Waals surface area contributed by atoms with Gasteiger partial charge in [0, 0.05) is 38.2 Å². The largest absolute Gasteiger partial charge is 0.481 e. The smallest absolute Gasteiger partial charge is 0.314 e. The summed E-state index contributed by atoms with van der Waals surface area (Å²) >= 11 is 5.98. The van der Waals surface area contributed by atoms with Gasteiger partial charge in [0.05, 0.1) is 16.1 Å². The third-order valence-corrected chi connectivity index (χ3v) is 6.49. The van der Waals surface area contributed by atoms with Crippen LogP contribution >= 0.6 is 11.6 Å². The molecule has 2 aromatic heterocycles.